The van der Waals surface area contributed by atoms with Gasteiger partial charge in [-0.1, -0.05) is 0 Å². The molecule has 3 N–H and O–H groups in total. The Morgan fingerprint density at radius 1 is 1.64 bits per heavy atom. The summed E-state index contributed by atoms with van der Waals surface area (Å²) in [6.45, 7) is 1.76. The highest BCUT2D eigenvalue weighted by molar-refractivity contribution is 5.85. The number of aromatic nitrogens is 2. The maximum Gasteiger partial charge on any atom is 0.0928 e. The molecule has 0 saturated heterocycles. The summed E-state index contributed by atoms with van der Waals surface area (Å²) in [5.74, 6) is 0. The minimum Gasteiger partial charge on any atom is -0.387 e. The van der Waals surface area contributed by atoms with Gasteiger partial charge in [0.2, 0.25) is 0 Å². The van der Waals surface area contributed by atoms with Crippen molar-refractivity contribution in [2.24, 2.45) is 5.73 Å². The fraction of sp³-hybridized carbons (Fsp3) is 0.667. The molecule has 1 fully saturated rings. The lowest BCUT2D eigenvalue weighted by molar-refractivity contribution is 0.166. The van der Waals surface area contributed by atoms with E-state index in [1.54, 1.807) is 13.1 Å². The van der Waals surface area contributed by atoms with Gasteiger partial charge in [-0.05, 0) is 25.8 Å². The van der Waals surface area contributed by atoms with Crippen molar-refractivity contribution in [2.45, 2.75) is 38.0 Å². The van der Waals surface area contributed by atoms with Crippen LogP contribution in [0, 0.1) is 0 Å². The molecule has 2 rings (SSSR count). The van der Waals surface area contributed by atoms with Gasteiger partial charge in [0.25, 0.3) is 0 Å². The van der Waals surface area contributed by atoms with Gasteiger partial charge in [-0.25, -0.2) is 0 Å². The van der Waals surface area contributed by atoms with Gasteiger partial charge in [0, 0.05) is 12.2 Å². The SMILES string of the molecule is C[C@H](O)c1ccnn1C1CC(N)C1.Cl. The van der Waals surface area contributed by atoms with Gasteiger partial charge in [0.1, 0.15) is 0 Å². The average molecular weight is 218 g/mol. The summed E-state index contributed by atoms with van der Waals surface area (Å²) in [5, 5.41) is 13.6. The second kappa shape index (κ2) is 4.29. The summed E-state index contributed by atoms with van der Waals surface area (Å²) in [6, 6.07) is 2.57. The number of aliphatic hydroxyl groups is 1. The Hall–Kier alpha value is -0.580. The second-order valence-electron chi connectivity index (χ2n) is 3.76. The predicted octanol–water partition coefficient (Wildman–Crippen LogP) is 1.02. The van der Waals surface area contributed by atoms with Crippen molar-refractivity contribution in [3.63, 3.8) is 0 Å². The van der Waals surface area contributed by atoms with Gasteiger partial charge in [-0.3, -0.25) is 4.68 Å². The quantitative estimate of drug-likeness (QED) is 0.778. The Morgan fingerprint density at radius 2 is 2.29 bits per heavy atom. The van der Waals surface area contributed by atoms with Crippen LogP contribution in [0.15, 0.2) is 12.3 Å². The van der Waals surface area contributed by atoms with Crippen LogP contribution in [0.25, 0.3) is 0 Å². The first-order valence-electron chi connectivity index (χ1n) is 4.65. The lowest BCUT2D eigenvalue weighted by atomic mass is 9.87. The zero-order valence-electron chi connectivity index (χ0n) is 8.13. The maximum absolute atomic E-state index is 9.44. The smallest absolute Gasteiger partial charge is 0.0928 e. The van der Waals surface area contributed by atoms with Crippen LogP contribution in [-0.4, -0.2) is 20.9 Å². The molecule has 1 saturated carbocycles. The third kappa shape index (κ3) is 1.92. The summed E-state index contributed by atoms with van der Waals surface area (Å²) in [4.78, 5) is 0. The topological polar surface area (TPSA) is 64.1 Å². The molecule has 80 valence electrons. The Labute approximate surface area is 89.5 Å². The molecule has 1 heterocycles. The first-order chi connectivity index (χ1) is 6.18. The first-order valence-corrected chi connectivity index (χ1v) is 4.65. The van der Waals surface area contributed by atoms with Crippen LogP contribution in [-0.2, 0) is 0 Å². The van der Waals surface area contributed by atoms with Gasteiger partial charge in [-0.15, -0.1) is 12.4 Å². The van der Waals surface area contributed by atoms with E-state index in [1.165, 1.54) is 0 Å². The lowest BCUT2D eigenvalue weighted by Crippen LogP contribution is -2.38. The Morgan fingerprint density at radius 3 is 2.79 bits per heavy atom. The zero-order valence-corrected chi connectivity index (χ0v) is 8.94. The highest BCUT2D eigenvalue weighted by Gasteiger charge is 2.29. The molecule has 1 aromatic rings. The average Bonchev–Trinajstić information content (AvgIpc) is 2.45. The summed E-state index contributed by atoms with van der Waals surface area (Å²) < 4.78 is 1.90. The van der Waals surface area contributed by atoms with Gasteiger partial charge in [-0.2, -0.15) is 5.10 Å². The minimum absolute atomic E-state index is 0. The van der Waals surface area contributed by atoms with Crippen LogP contribution in [0.5, 0.6) is 0 Å². The molecule has 1 aliphatic carbocycles. The highest BCUT2D eigenvalue weighted by Crippen LogP contribution is 2.32. The molecule has 0 bridgehead atoms. The standard InChI is InChI=1S/C9H15N3O.ClH/c1-6(13)9-2-3-11-12(9)8-4-7(10)5-8;/h2-3,6-8,13H,4-5,10H2,1H3;1H/t6-,7?,8?;/m0./s1. The Balaban J connectivity index is 0.000000980. The Kier molecular flexibility index (Phi) is 3.53. The predicted molar refractivity (Wildman–Crippen MR) is 56.4 cm³/mol. The fourth-order valence-corrected chi connectivity index (χ4v) is 1.79. The minimum atomic E-state index is -0.445. The molecule has 0 aromatic carbocycles. The monoisotopic (exact) mass is 217 g/mol. The number of hydrogen-bond donors (Lipinski definition) is 2. The molecule has 0 amide bonds. The molecule has 5 heteroatoms. The second-order valence-corrected chi connectivity index (χ2v) is 3.76. The van der Waals surface area contributed by atoms with Crippen LogP contribution in [0.4, 0.5) is 0 Å². The van der Waals surface area contributed by atoms with E-state index >= 15 is 0 Å². The third-order valence-electron chi connectivity index (χ3n) is 2.62. The van der Waals surface area contributed by atoms with Crippen LogP contribution in [0.2, 0.25) is 0 Å². The lowest BCUT2D eigenvalue weighted by Gasteiger charge is -2.33. The van der Waals surface area contributed by atoms with Gasteiger partial charge >= 0.3 is 0 Å². The van der Waals surface area contributed by atoms with Crippen LogP contribution in [0.1, 0.15) is 37.6 Å². The Bertz CT molecular complexity index is 294. The number of rotatable bonds is 2. The van der Waals surface area contributed by atoms with Gasteiger partial charge in [0.15, 0.2) is 0 Å². The fourth-order valence-electron chi connectivity index (χ4n) is 1.79. The van der Waals surface area contributed by atoms with E-state index in [2.05, 4.69) is 5.10 Å². The van der Waals surface area contributed by atoms with Crippen molar-refractivity contribution < 1.29 is 5.11 Å². The van der Waals surface area contributed by atoms with E-state index in [9.17, 15) is 5.11 Å². The van der Waals surface area contributed by atoms with Crippen molar-refractivity contribution >= 4 is 12.4 Å². The number of aliphatic hydroxyl groups excluding tert-OH is 1. The summed E-state index contributed by atoms with van der Waals surface area (Å²) >= 11 is 0. The van der Waals surface area contributed by atoms with E-state index in [1.807, 2.05) is 10.7 Å². The molecular weight excluding hydrogens is 202 g/mol. The molecular formula is C9H16ClN3O. The van der Waals surface area contributed by atoms with Gasteiger partial charge < -0.3 is 10.8 Å². The summed E-state index contributed by atoms with van der Waals surface area (Å²) in [6.07, 6.45) is 3.23. The molecule has 0 aliphatic heterocycles. The van der Waals surface area contributed by atoms with Crippen LogP contribution >= 0.6 is 12.4 Å². The van der Waals surface area contributed by atoms with E-state index < -0.39 is 6.10 Å². The van der Waals surface area contributed by atoms with Crippen LogP contribution in [0.3, 0.4) is 0 Å². The van der Waals surface area contributed by atoms with E-state index in [0.29, 0.717) is 12.1 Å². The van der Waals surface area contributed by atoms with Crippen molar-refractivity contribution in [2.75, 3.05) is 0 Å². The summed E-state index contributed by atoms with van der Waals surface area (Å²) in [7, 11) is 0. The van der Waals surface area contributed by atoms with Crippen molar-refractivity contribution in [1.82, 2.24) is 9.78 Å². The molecule has 1 atom stereocenters. The maximum atomic E-state index is 9.44. The van der Waals surface area contributed by atoms with Gasteiger partial charge in [0.05, 0.1) is 17.8 Å². The third-order valence-corrected chi connectivity index (χ3v) is 2.62. The normalized spacial score (nSPS) is 27.6. The number of halogens is 1. The summed E-state index contributed by atoms with van der Waals surface area (Å²) in [5.41, 5.74) is 6.58. The zero-order chi connectivity index (χ0) is 9.42. The number of nitrogens with zero attached hydrogens (tertiary/aromatic N) is 2. The van der Waals surface area contributed by atoms with Crippen molar-refractivity contribution in [3.05, 3.63) is 18.0 Å². The first kappa shape index (κ1) is 11.5. The van der Waals surface area contributed by atoms with Crippen molar-refractivity contribution in [3.8, 4) is 0 Å². The largest absolute Gasteiger partial charge is 0.387 e. The van der Waals surface area contributed by atoms with E-state index in [0.717, 1.165) is 18.5 Å². The number of hydrogen-bond acceptors (Lipinski definition) is 3. The highest BCUT2D eigenvalue weighted by atomic mass is 35.5. The molecule has 4 nitrogen and oxygen atoms in total. The molecule has 0 radical (unpaired) electrons. The number of nitrogens with two attached hydrogens (primary N) is 1. The molecule has 1 aliphatic rings. The van der Waals surface area contributed by atoms with Crippen LogP contribution < -0.4 is 5.73 Å². The molecule has 14 heavy (non-hydrogen) atoms. The molecule has 0 spiro atoms. The molecule has 1 aromatic heterocycles. The molecule has 0 unspecified atom stereocenters. The van der Waals surface area contributed by atoms with Crippen molar-refractivity contribution in [1.29, 1.82) is 0 Å². The van der Waals surface area contributed by atoms with E-state index in [-0.39, 0.29) is 12.4 Å². The van der Waals surface area contributed by atoms with E-state index in [4.69, 9.17) is 5.73 Å².